The summed E-state index contributed by atoms with van der Waals surface area (Å²) in [5.41, 5.74) is 6.71. The molecule has 0 bridgehead atoms. The lowest BCUT2D eigenvalue weighted by Crippen LogP contribution is -2.23. The number of carbonyl (C=O) groups excluding carboxylic acids is 1. The van der Waals surface area contributed by atoms with Crippen molar-refractivity contribution in [1.29, 1.82) is 0 Å². The number of benzene rings is 1. The first kappa shape index (κ1) is 14.0. The monoisotopic (exact) mass is 276 g/mol. The van der Waals surface area contributed by atoms with E-state index in [-0.39, 0.29) is 11.3 Å². The maximum Gasteiger partial charge on any atom is 0.293 e. The number of hydrogen-bond acceptors (Lipinski definition) is 5. The maximum atomic E-state index is 11.1. The van der Waals surface area contributed by atoms with E-state index in [4.69, 9.17) is 5.73 Å². The van der Waals surface area contributed by atoms with Crippen LogP contribution in [0.3, 0.4) is 0 Å². The number of nitrogens with two attached hydrogens (primary N) is 1. The van der Waals surface area contributed by atoms with Crippen LogP contribution >= 0.6 is 0 Å². The van der Waals surface area contributed by atoms with E-state index in [0.717, 1.165) is 19.5 Å². The van der Waals surface area contributed by atoms with Crippen LogP contribution in [-0.2, 0) is 0 Å². The minimum absolute atomic E-state index is 0.128. The molecule has 1 aliphatic heterocycles. The molecule has 4 N–H and O–H groups in total. The van der Waals surface area contributed by atoms with Crippen molar-refractivity contribution >= 4 is 17.3 Å². The van der Waals surface area contributed by atoms with Gasteiger partial charge in [-0.15, -0.1) is 0 Å². The lowest BCUT2D eigenvalue weighted by Gasteiger charge is -2.15. The van der Waals surface area contributed by atoms with E-state index in [1.807, 2.05) is 0 Å². The zero-order valence-corrected chi connectivity index (χ0v) is 10.9. The fourth-order valence-electron chi connectivity index (χ4n) is 2.02. The standard InChI is InChI=1S/C13H16N4O3/c14-13(18)10-1-2-11(12(7-10)17(19)20)16-8-9-3-5-15-6-4-9/h1-3,7,15-16H,4-6,8H2,(H2,14,18). The summed E-state index contributed by atoms with van der Waals surface area (Å²) >= 11 is 0. The van der Waals surface area contributed by atoms with Crippen molar-refractivity contribution in [1.82, 2.24) is 5.32 Å². The zero-order valence-electron chi connectivity index (χ0n) is 10.9. The number of nitrogens with zero attached hydrogens (tertiary/aromatic N) is 1. The van der Waals surface area contributed by atoms with Gasteiger partial charge in [0, 0.05) is 24.7 Å². The molecule has 1 heterocycles. The number of amides is 1. The molecule has 0 aromatic heterocycles. The van der Waals surface area contributed by atoms with E-state index in [0.29, 0.717) is 12.2 Å². The van der Waals surface area contributed by atoms with Crippen molar-refractivity contribution in [2.24, 2.45) is 5.73 Å². The molecule has 0 unspecified atom stereocenters. The molecule has 106 valence electrons. The third-order valence-electron chi connectivity index (χ3n) is 3.14. The molecule has 1 aromatic rings. The number of hydrogen-bond donors (Lipinski definition) is 3. The highest BCUT2D eigenvalue weighted by Crippen LogP contribution is 2.25. The first-order valence-electron chi connectivity index (χ1n) is 6.28. The minimum atomic E-state index is -0.680. The van der Waals surface area contributed by atoms with E-state index < -0.39 is 10.8 Å². The SMILES string of the molecule is NC(=O)c1ccc(NCC2=CCNCC2)c([N+](=O)[O-])c1. The van der Waals surface area contributed by atoms with E-state index in [1.54, 1.807) is 0 Å². The van der Waals surface area contributed by atoms with Crippen molar-refractivity contribution in [3.63, 3.8) is 0 Å². The summed E-state index contributed by atoms with van der Waals surface area (Å²) in [5, 5.41) is 17.3. The van der Waals surface area contributed by atoms with E-state index in [1.165, 1.54) is 23.8 Å². The molecule has 7 nitrogen and oxygen atoms in total. The summed E-state index contributed by atoms with van der Waals surface area (Å²) < 4.78 is 0. The van der Waals surface area contributed by atoms with Crippen LogP contribution in [0.4, 0.5) is 11.4 Å². The molecule has 0 spiro atoms. The van der Waals surface area contributed by atoms with Gasteiger partial charge >= 0.3 is 0 Å². The molecule has 0 fully saturated rings. The van der Waals surface area contributed by atoms with Crippen molar-refractivity contribution in [3.05, 3.63) is 45.5 Å². The van der Waals surface area contributed by atoms with E-state index in [2.05, 4.69) is 16.7 Å². The molecular formula is C13H16N4O3. The summed E-state index contributed by atoms with van der Waals surface area (Å²) in [6.45, 7) is 2.29. The molecule has 1 aliphatic rings. The lowest BCUT2D eigenvalue weighted by molar-refractivity contribution is -0.384. The van der Waals surface area contributed by atoms with Gasteiger partial charge in [0.25, 0.3) is 5.69 Å². The molecule has 1 aromatic carbocycles. The largest absolute Gasteiger partial charge is 0.376 e. The van der Waals surface area contributed by atoms with E-state index in [9.17, 15) is 14.9 Å². The summed E-state index contributed by atoms with van der Waals surface area (Å²) in [5.74, 6) is -0.680. The van der Waals surface area contributed by atoms with Crippen LogP contribution in [0.15, 0.2) is 29.8 Å². The van der Waals surface area contributed by atoms with Gasteiger partial charge in [-0.2, -0.15) is 0 Å². The van der Waals surface area contributed by atoms with Crippen LogP contribution in [0, 0.1) is 10.1 Å². The number of primary amides is 1. The van der Waals surface area contributed by atoms with Gasteiger partial charge < -0.3 is 16.4 Å². The van der Waals surface area contributed by atoms with Gasteiger partial charge in [-0.05, 0) is 25.1 Å². The van der Waals surface area contributed by atoms with Gasteiger partial charge in [0.1, 0.15) is 5.69 Å². The highest BCUT2D eigenvalue weighted by Gasteiger charge is 2.16. The third-order valence-corrected chi connectivity index (χ3v) is 3.14. The van der Waals surface area contributed by atoms with Crippen LogP contribution in [0.1, 0.15) is 16.8 Å². The first-order chi connectivity index (χ1) is 9.58. The van der Waals surface area contributed by atoms with Crippen LogP contribution in [-0.4, -0.2) is 30.5 Å². The molecule has 0 saturated heterocycles. The summed E-state index contributed by atoms with van der Waals surface area (Å²) in [4.78, 5) is 21.6. The average molecular weight is 276 g/mol. The van der Waals surface area contributed by atoms with Gasteiger partial charge in [-0.3, -0.25) is 14.9 Å². The zero-order chi connectivity index (χ0) is 14.5. The summed E-state index contributed by atoms with van der Waals surface area (Å²) in [6, 6.07) is 4.19. The van der Waals surface area contributed by atoms with Crippen LogP contribution in [0.5, 0.6) is 0 Å². The van der Waals surface area contributed by atoms with Gasteiger partial charge in [0.05, 0.1) is 4.92 Å². The predicted octanol–water partition coefficient (Wildman–Crippen LogP) is 1.03. The first-order valence-corrected chi connectivity index (χ1v) is 6.28. The van der Waals surface area contributed by atoms with Crippen molar-refractivity contribution in [2.75, 3.05) is 25.0 Å². The predicted molar refractivity (Wildman–Crippen MR) is 75.7 cm³/mol. The molecule has 1 amide bonds. The number of anilines is 1. The highest BCUT2D eigenvalue weighted by atomic mass is 16.6. The Kier molecular flexibility index (Phi) is 4.31. The average Bonchev–Trinajstić information content (AvgIpc) is 2.45. The normalized spacial score (nSPS) is 14.5. The Bertz CT molecular complexity index is 569. The minimum Gasteiger partial charge on any atom is -0.376 e. The van der Waals surface area contributed by atoms with Gasteiger partial charge in [0.15, 0.2) is 0 Å². The highest BCUT2D eigenvalue weighted by molar-refractivity contribution is 5.94. The molecule has 0 atom stereocenters. The van der Waals surface area contributed by atoms with Crippen molar-refractivity contribution in [3.8, 4) is 0 Å². The van der Waals surface area contributed by atoms with Crippen LogP contribution in [0.2, 0.25) is 0 Å². The molecular weight excluding hydrogens is 260 g/mol. The Morgan fingerprint density at radius 2 is 2.30 bits per heavy atom. The number of nitro groups is 1. The summed E-state index contributed by atoms with van der Waals surface area (Å²) in [7, 11) is 0. The second kappa shape index (κ2) is 6.16. The Hall–Kier alpha value is -2.41. The Morgan fingerprint density at radius 3 is 2.90 bits per heavy atom. The third kappa shape index (κ3) is 3.33. The number of nitrogens with one attached hydrogen (secondary N) is 2. The molecule has 0 aliphatic carbocycles. The Morgan fingerprint density at radius 1 is 1.50 bits per heavy atom. The Balaban J connectivity index is 2.16. The van der Waals surface area contributed by atoms with Crippen LogP contribution in [0.25, 0.3) is 0 Å². The van der Waals surface area contributed by atoms with Crippen molar-refractivity contribution < 1.29 is 9.72 Å². The topological polar surface area (TPSA) is 110 Å². The fourth-order valence-corrected chi connectivity index (χ4v) is 2.02. The second-order valence-electron chi connectivity index (χ2n) is 4.52. The molecule has 0 saturated carbocycles. The lowest BCUT2D eigenvalue weighted by atomic mass is 10.1. The van der Waals surface area contributed by atoms with Gasteiger partial charge in [0.2, 0.25) is 5.91 Å². The maximum absolute atomic E-state index is 11.1. The Labute approximate surface area is 116 Å². The number of nitro benzene ring substituents is 1. The van der Waals surface area contributed by atoms with E-state index >= 15 is 0 Å². The number of carbonyl (C=O) groups is 1. The molecule has 7 heteroatoms. The summed E-state index contributed by atoms with van der Waals surface area (Å²) in [6.07, 6.45) is 2.99. The fraction of sp³-hybridized carbons (Fsp3) is 0.308. The van der Waals surface area contributed by atoms with Crippen molar-refractivity contribution in [2.45, 2.75) is 6.42 Å². The van der Waals surface area contributed by atoms with Crippen LogP contribution < -0.4 is 16.4 Å². The molecule has 0 radical (unpaired) electrons. The quantitative estimate of drug-likeness (QED) is 0.422. The molecule has 2 rings (SSSR count). The van der Waals surface area contributed by atoms with Gasteiger partial charge in [-0.25, -0.2) is 0 Å². The number of rotatable bonds is 5. The van der Waals surface area contributed by atoms with Gasteiger partial charge in [-0.1, -0.05) is 11.6 Å². The molecule has 20 heavy (non-hydrogen) atoms. The second-order valence-corrected chi connectivity index (χ2v) is 4.52. The smallest absolute Gasteiger partial charge is 0.293 e.